The first-order chi connectivity index (χ1) is 11.2. The molecule has 128 valence electrons. The highest BCUT2D eigenvalue weighted by Crippen LogP contribution is 2.47. The second-order valence-corrected chi connectivity index (χ2v) is 7.69. The Morgan fingerprint density at radius 1 is 1.42 bits per heavy atom. The second-order valence-electron chi connectivity index (χ2n) is 5.22. The van der Waals surface area contributed by atoms with Gasteiger partial charge in [-0.3, -0.25) is 23.9 Å². The molecule has 3 atom stereocenters. The number of aromatic nitrogens is 3. The number of carboxylic acids is 1. The van der Waals surface area contributed by atoms with Crippen molar-refractivity contribution in [3.8, 4) is 0 Å². The molecule has 10 nitrogen and oxygen atoms in total. The SMILES string of the molecule is CC1S[C@@H]2C(N)C(=O)N2C(C(=O)O)=C1Sc1n[nH]c(=O)c(=O)n1C. The molecule has 0 radical (unpaired) electrons. The van der Waals surface area contributed by atoms with Gasteiger partial charge in [0.1, 0.15) is 17.1 Å². The van der Waals surface area contributed by atoms with E-state index in [1.54, 1.807) is 6.92 Å². The number of hydrogen-bond acceptors (Lipinski definition) is 8. The molecule has 4 N–H and O–H groups in total. The molecule has 0 aliphatic carbocycles. The van der Waals surface area contributed by atoms with Gasteiger partial charge in [-0.15, -0.1) is 16.9 Å². The summed E-state index contributed by atoms with van der Waals surface area (Å²) in [6.07, 6.45) is 0. The van der Waals surface area contributed by atoms with Crippen LogP contribution < -0.4 is 16.9 Å². The molecule has 12 heteroatoms. The second kappa shape index (κ2) is 5.79. The van der Waals surface area contributed by atoms with Crippen molar-refractivity contribution in [3.63, 3.8) is 0 Å². The van der Waals surface area contributed by atoms with Crippen LogP contribution in [0.2, 0.25) is 0 Å². The molecule has 0 saturated carbocycles. The molecular formula is C12H13N5O5S2. The summed E-state index contributed by atoms with van der Waals surface area (Å²) < 4.78 is 1.03. The fraction of sp³-hybridized carbons (Fsp3) is 0.417. The third-order valence-corrected chi connectivity index (χ3v) is 6.60. The fourth-order valence-electron chi connectivity index (χ4n) is 2.44. The molecule has 0 spiro atoms. The van der Waals surface area contributed by atoms with Crippen molar-refractivity contribution in [1.29, 1.82) is 0 Å². The number of rotatable bonds is 3. The number of H-pyrrole nitrogens is 1. The van der Waals surface area contributed by atoms with Crippen molar-refractivity contribution in [1.82, 2.24) is 19.7 Å². The van der Waals surface area contributed by atoms with E-state index in [1.807, 2.05) is 0 Å². The molecule has 1 aromatic heterocycles. The van der Waals surface area contributed by atoms with Gasteiger partial charge in [-0.1, -0.05) is 11.8 Å². The first-order valence-electron chi connectivity index (χ1n) is 6.79. The summed E-state index contributed by atoms with van der Waals surface area (Å²) in [5, 5.41) is 14.8. The number of aromatic amines is 1. The van der Waals surface area contributed by atoms with Gasteiger partial charge >= 0.3 is 17.1 Å². The third-order valence-electron chi connectivity index (χ3n) is 3.71. The van der Waals surface area contributed by atoms with Crippen molar-refractivity contribution in [2.45, 2.75) is 28.7 Å². The minimum atomic E-state index is -1.26. The number of carbonyl (C=O) groups excluding carboxylic acids is 1. The molecule has 1 saturated heterocycles. The van der Waals surface area contributed by atoms with Gasteiger partial charge in [-0.25, -0.2) is 9.89 Å². The van der Waals surface area contributed by atoms with Gasteiger partial charge in [0.15, 0.2) is 5.16 Å². The van der Waals surface area contributed by atoms with Gasteiger partial charge in [0, 0.05) is 17.2 Å². The molecule has 2 unspecified atom stereocenters. The molecule has 3 heterocycles. The van der Waals surface area contributed by atoms with Crippen molar-refractivity contribution in [3.05, 3.63) is 31.3 Å². The lowest BCUT2D eigenvalue weighted by Gasteiger charge is -2.49. The standard InChI is InChI=1S/C12H13N5O5S2/c1-3-6(24-12-15-14-7(18)9(20)16(12)2)5(11(21)22)17-8(19)4(13)10(17)23-3/h3-4,10H,13H2,1-2H3,(H,14,18)(H,21,22)/t3?,4?,10-/m1/s1. The Labute approximate surface area is 143 Å². The van der Waals surface area contributed by atoms with E-state index < -0.39 is 34.4 Å². The van der Waals surface area contributed by atoms with E-state index in [4.69, 9.17) is 5.73 Å². The van der Waals surface area contributed by atoms with E-state index in [-0.39, 0.29) is 16.1 Å². The third kappa shape index (κ3) is 2.37. The number of fused-ring (bicyclic) bond motifs is 1. The minimum absolute atomic E-state index is 0.122. The molecule has 2 aliphatic rings. The van der Waals surface area contributed by atoms with Crippen molar-refractivity contribution in [2.75, 3.05) is 0 Å². The number of amides is 1. The Bertz CT molecular complexity index is 891. The van der Waals surface area contributed by atoms with Gasteiger partial charge in [0.2, 0.25) is 5.91 Å². The molecule has 0 bridgehead atoms. The van der Waals surface area contributed by atoms with E-state index in [0.717, 1.165) is 21.2 Å². The van der Waals surface area contributed by atoms with E-state index >= 15 is 0 Å². The first-order valence-corrected chi connectivity index (χ1v) is 8.55. The van der Waals surface area contributed by atoms with Crippen LogP contribution in [-0.4, -0.2) is 53.3 Å². The first kappa shape index (κ1) is 16.8. The number of aliphatic carboxylic acids is 1. The van der Waals surface area contributed by atoms with E-state index in [9.17, 15) is 24.3 Å². The number of nitrogens with zero attached hydrogens (tertiary/aromatic N) is 3. The maximum Gasteiger partial charge on any atom is 0.353 e. The molecule has 24 heavy (non-hydrogen) atoms. The summed E-state index contributed by atoms with van der Waals surface area (Å²) in [7, 11) is 1.36. The highest BCUT2D eigenvalue weighted by Gasteiger charge is 2.53. The maximum absolute atomic E-state index is 11.9. The van der Waals surface area contributed by atoms with Crippen LogP contribution in [0.15, 0.2) is 25.3 Å². The average Bonchev–Trinajstić information content (AvgIpc) is 2.55. The largest absolute Gasteiger partial charge is 0.477 e. The summed E-state index contributed by atoms with van der Waals surface area (Å²) in [6, 6.07) is -0.728. The smallest absolute Gasteiger partial charge is 0.353 e. The Hall–Kier alpha value is -2.05. The molecule has 0 aromatic carbocycles. The molecule has 3 rings (SSSR count). The van der Waals surface area contributed by atoms with Crippen LogP contribution in [-0.2, 0) is 16.6 Å². The zero-order valence-electron chi connectivity index (χ0n) is 12.5. The van der Waals surface area contributed by atoms with Crippen LogP contribution >= 0.6 is 23.5 Å². The number of nitrogens with two attached hydrogens (primary N) is 1. The Morgan fingerprint density at radius 2 is 2.08 bits per heavy atom. The predicted molar refractivity (Wildman–Crippen MR) is 86.3 cm³/mol. The predicted octanol–water partition coefficient (Wildman–Crippen LogP) is -1.51. The number of nitrogens with one attached hydrogen (secondary N) is 1. The van der Waals surface area contributed by atoms with Crippen molar-refractivity contribution >= 4 is 35.4 Å². The van der Waals surface area contributed by atoms with Crippen LogP contribution in [0.25, 0.3) is 0 Å². The summed E-state index contributed by atoms with van der Waals surface area (Å²) in [5.74, 6) is -1.72. The molecule has 1 fully saturated rings. The molecule has 1 aromatic rings. The van der Waals surface area contributed by atoms with Crippen LogP contribution in [0.3, 0.4) is 0 Å². The van der Waals surface area contributed by atoms with E-state index in [2.05, 4.69) is 10.2 Å². The topological polar surface area (TPSA) is 151 Å². The summed E-state index contributed by atoms with van der Waals surface area (Å²) >= 11 is 2.29. The Balaban J connectivity index is 2.08. The zero-order chi connectivity index (χ0) is 17.8. The van der Waals surface area contributed by atoms with Crippen molar-refractivity contribution in [2.24, 2.45) is 12.8 Å². The maximum atomic E-state index is 11.9. The van der Waals surface area contributed by atoms with Crippen molar-refractivity contribution < 1.29 is 14.7 Å². The number of carbonyl (C=O) groups is 2. The Kier molecular flexibility index (Phi) is 4.05. The van der Waals surface area contributed by atoms with Gasteiger partial charge in [-0.05, 0) is 6.92 Å². The average molecular weight is 371 g/mol. The lowest BCUT2D eigenvalue weighted by Crippen LogP contribution is -2.68. The van der Waals surface area contributed by atoms with Gasteiger partial charge in [0.05, 0.1) is 0 Å². The van der Waals surface area contributed by atoms with Gasteiger partial charge < -0.3 is 10.8 Å². The quantitative estimate of drug-likeness (QED) is 0.425. The van der Waals surface area contributed by atoms with Gasteiger partial charge in [-0.2, -0.15) is 0 Å². The molecular weight excluding hydrogens is 358 g/mol. The summed E-state index contributed by atoms with van der Waals surface area (Å²) in [5.41, 5.74) is 3.89. The lowest BCUT2D eigenvalue weighted by atomic mass is 10.1. The molecule has 2 aliphatic heterocycles. The lowest BCUT2D eigenvalue weighted by molar-refractivity contribution is -0.147. The highest BCUT2D eigenvalue weighted by atomic mass is 32.2. The Morgan fingerprint density at radius 3 is 2.71 bits per heavy atom. The fourth-order valence-corrected chi connectivity index (χ4v) is 4.98. The molecule has 1 amide bonds. The summed E-state index contributed by atoms with van der Waals surface area (Å²) in [4.78, 5) is 48.1. The zero-order valence-corrected chi connectivity index (χ0v) is 14.2. The highest BCUT2D eigenvalue weighted by molar-refractivity contribution is 8.06. The normalized spacial score (nSPS) is 26.2. The number of thioether (sulfide) groups is 2. The minimum Gasteiger partial charge on any atom is -0.477 e. The van der Waals surface area contributed by atoms with Crippen LogP contribution in [0.1, 0.15) is 6.92 Å². The summed E-state index contributed by atoms with van der Waals surface area (Å²) in [6.45, 7) is 1.78. The van der Waals surface area contributed by atoms with Crippen LogP contribution in [0.4, 0.5) is 0 Å². The van der Waals surface area contributed by atoms with E-state index in [1.165, 1.54) is 18.8 Å². The van der Waals surface area contributed by atoms with E-state index in [0.29, 0.717) is 4.91 Å². The van der Waals surface area contributed by atoms with Gasteiger partial charge in [0.25, 0.3) is 0 Å². The number of β-lactam (4-membered cyclic amide) rings is 1. The monoisotopic (exact) mass is 371 g/mol. The number of carboxylic acid groups (broad SMARTS) is 1. The number of hydrogen-bond donors (Lipinski definition) is 3. The van der Waals surface area contributed by atoms with Crippen LogP contribution in [0, 0.1) is 0 Å². The van der Waals surface area contributed by atoms with Crippen LogP contribution in [0.5, 0.6) is 0 Å².